The highest BCUT2D eigenvalue weighted by Crippen LogP contribution is 2.64. The molecule has 2 aliphatic heterocycles. The van der Waals surface area contributed by atoms with Gasteiger partial charge in [-0.2, -0.15) is 5.10 Å². The van der Waals surface area contributed by atoms with Gasteiger partial charge in [-0.25, -0.2) is 4.90 Å². The first-order valence-corrected chi connectivity index (χ1v) is 18.2. The SMILES string of the molecule is Cc1cc(C2C3=CCC4C(=O)N(C(C)(C)C)C(=O)C4C3CC3C(=O)N(c4cc(-c5sc6ccc(Cl)cc6c5C)nn4C)C(=O)C32C)ccc1O. The Bertz CT molecular complexity index is 2230. The lowest BCUT2D eigenvalue weighted by atomic mass is 9.51. The third-order valence-electron chi connectivity index (χ3n) is 11.7. The summed E-state index contributed by atoms with van der Waals surface area (Å²) in [6.45, 7) is 11.3. The summed E-state index contributed by atoms with van der Waals surface area (Å²) in [5.41, 5.74) is 2.15. The number of aromatic nitrogens is 2. The largest absolute Gasteiger partial charge is 0.508 e. The number of benzene rings is 2. The predicted molar refractivity (Wildman–Crippen MR) is 193 cm³/mol. The highest BCUT2D eigenvalue weighted by Gasteiger charge is 2.68. The van der Waals surface area contributed by atoms with Crippen LogP contribution in [-0.2, 0) is 26.2 Å². The molecule has 0 bridgehead atoms. The van der Waals surface area contributed by atoms with Crippen molar-refractivity contribution < 1.29 is 24.3 Å². The monoisotopic (exact) mass is 710 g/mol. The average molecular weight is 711 g/mol. The van der Waals surface area contributed by atoms with E-state index in [1.165, 1.54) is 9.80 Å². The van der Waals surface area contributed by atoms with E-state index in [-0.39, 0.29) is 35.8 Å². The number of phenols is 1. The van der Waals surface area contributed by atoms with Crippen LogP contribution in [0.15, 0.2) is 54.1 Å². The number of fused-ring (bicyclic) bond motifs is 5. The molecular weight excluding hydrogens is 672 g/mol. The molecule has 1 saturated carbocycles. The van der Waals surface area contributed by atoms with Gasteiger partial charge in [0.05, 0.1) is 28.0 Å². The number of phenolic OH excluding ortho intramolecular Hbond substituents is 1. The molecule has 258 valence electrons. The number of carbonyl (C=O) groups excluding carboxylic acids is 4. The van der Waals surface area contributed by atoms with Crippen molar-refractivity contribution in [2.24, 2.45) is 36.1 Å². The Hall–Kier alpha value is -4.28. The maximum absolute atomic E-state index is 15.0. The van der Waals surface area contributed by atoms with Crippen LogP contribution in [0.4, 0.5) is 5.82 Å². The predicted octanol–water partition coefficient (Wildman–Crippen LogP) is 7.31. The highest BCUT2D eigenvalue weighted by molar-refractivity contribution is 7.22. The topological polar surface area (TPSA) is 113 Å². The molecule has 4 amide bonds. The van der Waals surface area contributed by atoms with Gasteiger partial charge in [0, 0.05) is 34.3 Å². The van der Waals surface area contributed by atoms with Crippen molar-refractivity contribution >= 4 is 62.5 Å². The molecule has 4 aliphatic rings. The van der Waals surface area contributed by atoms with Gasteiger partial charge in [0.2, 0.25) is 23.6 Å². The first kappa shape index (κ1) is 32.9. The summed E-state index contributed by atoms with van der Waals surface area (Å²) >= 11 is 7.89. The third kappa shape index (κ3) is 4.40. The number of allylic oxidation sites excluding steroid dienone is 2. The van der Waals surface area contributed by atoms with E-state index in [9.17, 15) is 24.3 Å². The summed E-state index contributed by atoms with van der Waals surface area (Å²) in [6.07, 6.45) is 2.71. The van der Waals surface area contributed by atoms with E-state index < -0.39 is 40.5 Å². The molecule has 50 heavy (non-hydrogen) atoms. The number of likely N-dealkylation sites (tertiary alicyclic amines) is 1. The van der Waals surface area contributed by atoms with Crippen molar-refractivity contribution in [2.45, 2.75) is 65.8 Å². The van der Waals surface area contributed by atoms with E-state index in [2.05, 4.69) is 6.08 Å². The zero-order valence-corrected chi connectivity index (χ0v) is 30.6. The second kappa shape index (κ2) is 10.9. The summed E-state index contributed by atoms with van der Waals surface area (Å²) < 4.78 is 2.65. The Morgan fingerprint density at radius 1 is 0.980 bits per heavy atom. The normalized spacial score (nSPS) is 28.0. The molecule has 6 unspecified atom stereocenters. The summed E-state index contributed by atoms with van der Waals surface area (Å²) in [4.78, 5) is 61.3. The second-order valence-corrected chi connectivity index (χ2v) is 17.1. The molecule has 8 rings (SSSR count). The summed E-state index contributed by atoms with van der Waals surface area (Å²) in [5, 5.41) is 16.9. The van der Waals surface area contributed by atoms with Crippen LogP contribution in [0.1, 0.15) is 63.1 Å². The maximum atomic E-state index is 15.0. The zero-order valence-electron chi connectivity index (χ0n) is 29.1. The van der Waals surface area contributed by atoms with Crippen molar-refractivity contribution in [1.29, 1.82) is 0 Å². The first-order valence-electron chi connectivity index (χ1n) is 17.0. The van der Waals surface area contributed by atoms with E-state index >= 15 is 0 Å². The van der Waals surface area contributed by atoms with E-state index in [1.807, 2.05) is 65.0 Å². The van der Waals surface area contributed by atoms with Gasteiger partial charge in [0.1, 0.15) is 17.3 Å². The molecule has 2 aromatic heterocycles. The third-order valence-corrected chi connectivity index (χ3v) is 13.2. The molecule has 0 radical (unpaired) electrons. The molecule has 0 spiro atoms. The maximum Gasteiger partial charge on any atom is 0.242 e. The van der Waals surface area contributed by atoms with E-state index in [0.29, 0.717) is 28.5 Å². The lowest BCUT2D eigenvalue weighted by Crippen LogP contribution is -2.49. The fraction of sp³-hybridized carbons (Fsp3) is 0.410. The fourth-order valence-corrected chi connectivity index (χ4v) is 10.7. The molecule has 2 saturated heterocycles. The van der Waals surface area contributed by atoms with Crippen LogP contribution in [0.5, 0.6) is 5.75 Å². The van der Waals surface area contributed by atoms with Crippen LogP contribution in [0, 0.1) is 42.9 Å². The molecule has 1 N–H and O–H groups in total. The first-order chi connectivity index (χ1) is 23.5. The van der Waals surface area contributed by atoms with Crippen molar-refractivity contribution in [1.82, 2.24) is 14.7 Å². The minimum atomic E-state index is -1.19. The number of aromatic hydroxyl groups is 1. The van der Waals surface area contributed by atoms with E-state index in [1.54, 1.807) is 42.1 Å². The number of aryl methyl sites for hydroxylation is 3. The second-order valence-electron chi connectivity index (χ2n) is 15.6. The van der Waals surface area contributed by atoms with Gasteiger partial charge in [-0.1, -0.05) is 35.4 Å². The molecular formula is C39H39ClN4O5S. The van der Waals surface area contributed by atoms with Crippen LogP contribution in [-0.4, -0.2) is 49.0 Å². The Labute approximate surface area is 299 Å². The van der Waals surface area contributed by atoms with Gasteiger partial charge in [-0.3, -0.25) is 28.8 Å². The van der Waals surface area contributed by atoms with E-state index in [0.717, 1.165) is 31.7 Å². The van der Waals surface area contributed by atoms with Crippen LogP contribution in [0.2, 0.25) is 5.02 Å². The number of amides is 4. The van der Waals surface area contributed by atoms with Crippen LogP contribution < -0.4 is 4.90 Å². The molecule has 3 fully saturated rings. The van der Waals surface area contributed by atoms with Crippen molar-refractivity contribution in [2.75, 3.05) is 4.90 Å². The number of hydrogen-bond donors (Lipinski definition) is 1. The lowest BCUT2D eigenvalue weighted by molar-refractivity contribution is -0.145. The Morgan fingerprint density at radius 2 is 1.72 bits per heavy atom. The van der Waals surface area contributed by atoms with Gasteiger partial charge in [0.25, 0.3) is 0 Å². The Morgan fingerprint density at radius 3 is 2.42 bits per heavy atom. The van der Waals surface area contributed by atoms with E-state index in [4.69, 9.17) is 16.7 Å². The molecule has 9 nitrogen and oxygen atoms in total. The minimum absolute atomic E-state index is 0.134. The van der Waals surface area contributed by atoms with Gasteiger partial charge in [-0.05, 0) is 107 Å². The van der Waals surface area contributed by atoms with Gasteiger partial charge < -0.3 is 5.11 Å². The van der Waals surface area contributed by atoms with Crippen LogP contribution in [0.25, 0.3) is 20.7 Å². The number of nitrogens with zero attached hydrogens (tertiary/aromatic N) is 4. The number of halogens is 1. The standard InChI is InChI=1S/C39H39ClN4O5S/c1-18-14-20(8-12-28(18)45)32-22-10-11-23-31(36(48)44(34(23)46)38(3,4)5)25(22)16-26-35(47)43(37(49)39(26,32)6)30-17-27(41-42(30)7)33-19(2)24-15-21(40)9-13-29(24)50-33/h8-10,12-15,17,23,25-26,31-32,45H,11,16H2,1-7H3. The molecule has 6 atom stereocenters. The number of imide groups is 2. The quantitative estimate of drug-likeness (QED) is 0.176. The number of carbonyl (C=O) groups is 4. The highest BCUT2D eigenvalue weighted by atomic mass is 35.5. The van der Waals surface area contributed by atoms with Gasteiger partial charge >= 0.3 is 0 Å². The summed E-state index contributed by atoms with van der Waals surface area (Å²) in [6, 6.07) is 12.9. The molecule has 4 aromatic rings. The number of hydrogen-bond acceptors (Lipinski definition) is 7. The fourth-order valence-electron chi connectivity index (χ4n) is 9.35. The smallest absolute Gasteiger partial charge is 0.242 e. The van der Waals surface area contributed by atoms with Crippen LogP contribution >= 0.6 is 22.9 Å². The Kier molecular flexibility index (Phi) is 7.15. The lowest BCUT2D eigenvalue weighted by Gasteiger charge is -2.49. The van der Waals surface area contributed by atoms with Crippen LogP contribution in [0.3, 0.4) is 0 Å². The molecule has 2 aliphatic carbocycles. The van der Waals surface area contributed by atoms with Crippen molar-refractivity contribution in [3.8, 4) is 16.3 Å². The minimum Gasteiger partial charge on any atom is -0.508 e. The number of rotatable bonds is 3. The van der Waals surface area contributed by atoms with Gasteiger partial charge in [0.15, 0.2) is 0 Å². The zero-order chi connectivity index (χ0) is 35.8. The number of anilines is 1. The molecule has 2 aromatic carbocycles. The van der Waals surface area contributed by atoms with Gasteiger partial charge in [-0.15, -0.1) is 11.3 Å². The summed E-state index contributed by atoms with van der Waals surface area (Å²) in [5.74, 6) is -3.38. The summed E-state index contributed by atoms with van der Waals surface area (Å²) in [7, 11) is 1.74. The average Bonchev–Trinajstić information content (AvgIpc) is 3.72. The molecule has 4 heterocycles. The van der Waals surface area contributed by atoms with Crippen molar-refractivity contribution in [3.05, 3.63) is 75.8 Å². The number of thiophene rings is 1. The van der Waals surface area contributed by atoms with Crippen molar-refractivity contribution in [3.63, 3.8) is 0 Å². The molecule has 11 heteroatoms. The Balaban J connectivity index is 1.25.